The standard InChI is InChI=1S/C16H17NO2S/c1-13(18)17-15-7-9-16(10-8-15)20(19)12-11-14-5-3-2-4-6-14/h2-10H,11-12H2,1H3,(H,17,18)/t20-/m1/s1. The van der Waals surface area contributed by atoms with E-state index in [1.807, 2.05) is 30.3 Å². The summed E-state index contributed by atoms with van der Waals surface area (Å²) in [6, 6.07) is 17.2. The predicted octanol–water partition coefficient (Wildman–Crippen LogP) is 3.00. The van der Waals surface area contributed by atoms with E-state index in [0.717, 1.165) is 17.0 Å². The normalized spacial score (nSPS) is 11.8. The van der Waals surface area contributed by atoms with E-state index in [-0.39, 0.29) is 5.91 Å². The van der Waals surface area contributed by atoms with Crippen LogP contribution in [0.25, 0.3) is 0 Å². The number of anilines is 1. The van der Waals surface area contributed by atoms with Gasteiger partial charge < -0.3 is 5.32 Å². The van der Waals surface area contributed by atoms with Crippen LogP contribution in [0.4, 0.5) is 5.69 Å². The quantitative estimate of drug-likeness (QED) is 0.919. The summed E-state index contributed by atoms with van der Waals surface area (Å²) >= 11 is 0. The van der Waals surface area contributed by atoms with E-state index in [9.17, 15) is 9.00 Å². The van der Waals surface area contributed by atoms with Gasteiger partial charge in [0.05, 0.1) is 10.8 Å². The zero-order valence-corrected chi connectivity index (χ0v) is 12.2. The Hall–Kier alpha value is -1.94. The maximum absolute atomic E-state index is 12.2. The lowest BCUT2D eigenvalue weighted by Gasteiger charge is -2.05. The molecule has 4 heteroatoms. The van der Waals surface area contributed by atoms with E-state index in [4.69, 9.17) is 0 Å². The monoisotopic (exact) mass is 287 g/mol. The van der Waals surface area contributed by atoms with Crippen molar-refractivity contribution in [2.45, 2.75) is 18.2 Å². The van der Waals surface area contributed by atoms with Crippen LogP contribution in [0.15, 0.2) is 59.5 Å². The topological polar surface area (TPSA) is 46.2 Å². The predicted molar refractivity (Wildman–Crippen MR) is 82.2 cm³/mol. The molecule has 0 unspecified atom stereocenters. The molecule has 0 saturated heterocycles. The third-order valence-corrected chi connectivity index (χ3v) is 4.23. The Morgan fingerprint density at radius 1 is 1.05 bits per heavy atom. The van der Waals surface area contributed by atoms with Crippen LogP contribution in [0.5, 0.6) is 0 Å². The van der Waals surface area contributed by atoms with Gasteiger partial charge in [-0.1, -0.05) is 30.3 Å². The fourth-order valence-corrected chi connectivity index (χ4v) is 2.96. The number of hydrogen-bond acceptors (Lipinski definition) is 2. The second kappa shape index (κ2) is 7.01. The first-order valence-corrected chi connectivity index (χ1v) is 7.77. The maximum Gasteiger partial charge on any atom is 0.221 e. The van der Waals surface area contributed by atoms with E-state index in [2.05, 4.69) is 5.32 Å². The van der Waals surface area contributed by atoms with Crippen LogP contribution in [0.2, 0.25) is 0 Å². The first kappa shape index (κ1) is 14.5. The molecule has 3 nitrogen and oxygen atoms in total. The maximum atomic E-state index is 12.2. The molecule has 0 aliphatic heterocycles. The van der Waals surface area contributed by atoms with Crippen LogP contribution < -0.4 is 5.32 Å². The lowest BCUT2D eigenvalue weighted by Crippen LogP contribution is -2.06. The summed E-state index contributed by atoms with van der Waals surface area (Å²) < 4.78 is 12.2. The highest BCUT2D eigenvalue weighted by atomic mass is 32.2. The van der Waals surface area contributed by atoms with Gasteiger partial charge in [0.1, 0.15) is 0 Å². The molecule has 2 rings (SSSR count). The average Bonchev–Trinajstić information content (AvgIpc) is 2.46. The molecule has 1 amide bonds. The molecular weight excluding hydrogens is 270 g/mol. The molecule has 0 saturated carbocycles. The lowest BCUT2D eigenvalue weighted by atomic mass is 10.2. The largest absolute Gasteiger partial charge is 0.326 e. The fourth-order valence-electron chi connectivity index (χ4n) is 1.87. The van der Waals surface area contributed by atoms with Crippen LogP contribution in [0.3, 0.4) is 0 Å². The van der Waals surface area contributed by atoms with Crippen LogP contribution in [0.1, 0.15) is 12.5 Å². The van der Waals surface area contributed by atoms with Crippen LogP contribution in [0, 0.1) is 0 Å². The van der Waals surface area contributed by atoms with Crippen molar-refractivity contribution < 1.29 is 9.00 Å². The van der Waals surface area contributed by atoms with Gasteiger partial charge in [-0.2, -0.15) is 0 Å². The SMILES string of the molecule is CC(=O)Nc1ccc([S@](=O)CCc2ccccc2)cc1. The van der Waals surface area contributed by atoms with Crippen molar-refractivity contribution in [3.63, 3.8) is 0 Å². The zero-order valence-electron chi connectivity index (χ0n) is 11.3. The molecule has 0 aliphatic carbocycles. The number of nitrogens with one attached hydrogen (secondary N) is 1. The number of carbonyl (C=O) groups excluding carboxylic acids is 1. The Balaban J connectivity index is 1.94. The average molecular weight is 287 g/mol. The van der Waals surface area contributed by atoms with Crippen LogP contribution in [-0.2, 0) is 22.0 Å². The molecule has 0 heterocycles. The molecule has 20 heavy (non-hydrogen) atoms. The Morgan fingerprint density at radius 2 is 1.70 bits per heavy atom. The minimum absolute atomic E-state index is 0.108. The molecule has 104 valence electrons. The number of hydrogen-bond donors (Lipinski definition) is 1. The number of carbonyl (C=O) groups is 1. The summed E-state index contributed by atoms with van der Waals surface area (Å²) in [5.41, 5.74) is 1.91. The van der Waals surface area contributed by atoms with E-state index in [0.29, 0.717) is 5.75 Å². The third-order valence-electron chi connectivity index (χ3n) is 2.86. The highest BCUT2D eigenvalue weighted by molar-refractivity contribution is 7.85. The summed E-state index contributed by atoms with van der Waals surface area (Å²) in [4.78, 5) is 11.7. The molecular formula is C16H17NO2S. The van der Waals surface area contributed by atoms with E-state index < -0.39 is 10.8 Å². The summed E-state index contributed by atoms with van der Waals surface area (Å²) in [6.07, 6.45) is 0.793. The Kier molecular flexibility index (Phi) is 5.07. The van der Waals surface area contributed by atoms with Gasteiger partial charge in [0, 0.05) is 23.3 Å². The summed E-state index contributed by atoms with van der Waals surface area (Å²) in [5.74, 6) is 0.492. The molecule has 1 N–H and O–H groups in total. The minimum Gasteiger partial charge on any atom is -0.326 e. The lowest BCUT2D eigenvalue weighted by molar-refractivity contribution is -0.114. The first-order valence-electron chi connectivity index (χ1n) is 6.45. The number of aryl methyl sites for hydroxylation is 1. The minimum atomic E-state index is -1.02. The highest BCUT2D eigenvalue weighted by Gasteiger charge is 2.05. The Labute approximate surface area is 121 Å². The molecule has 2 aromatic carbocycles. The number of benzene rings is 2. The second-order valence-corrected chi connectivity index (χ2v) is 6.06. The van der Waals surface area contributed by atoms with Gasteiger partial charge in [-0.25, -0.2) is 0 Å². The van der Waals surface area contributed by atoms with Crippen LogP contribution >= 0.6 is 0 Å². The van der Waals surface area contributed by atoms with Gasteiger partial charge in [0.2, 0.25) is 5.91 Å². The van der Waals surface area contributed by atoms with Gasteiger partial charge in [0.15, 0.2) is 0 Å². The van der Waals surface area contributed by atoms with Gasteiger partial charge in [-0.05, 0) is 36.2 Å². The van der Waals surface area contributed by atoms with Crippen LogP contribution in [-0.4, -0.2) is 15.9 Å². The van der Waals surface area contributed by atoms with E-state index in [1.165, 1.54) is 12.5 Å². The third kappa shape index (κ3) is 4.31. The van der Waals surface area contributed by atoms with Crippen molar-refractivity contribution in [3.8, 4) is 0 Å². The smallest absolute Gasteiger partial charge is 0.221 e. The Morgan fingerprint density at radius 3 is 2.30 bits per heavy atom. The van der Waals surface area contributed by atoms with Crippen molar-refractivity contribution in [2.24, 2.45) is 0 Å². The van der Waals surface area contributed by atoms with Crippen molar-refractivity contribution >= 4 is 22.4 Å². The van der Waals surface area contributed by atoms with Gasteiger partial charge in [-0.15, -0.1) is 0 Å². The molecule has 0 aliphatic rings. The summed E-state index contributed by atoms with van der Waals surface area (Å²) in [6.45, 7) is 1.46. The molecule has 0 radical (unpaired) electrons. The van der Waals surface area contributed by atoms with E-state index in [1.54, 1.807) is 24.3 Å². The molecule has 0 bridgehead atoms. The number of amides is 1. The zero-order chi connectivity index (χ0) is 14.4. The highest BCUT2D eigenvalue weighted by Crippen LogP contribution is 2.14. The molecule has 0 fully saturated rings. The number of rotatable bonds is 5. The van der Waals surface area contributed by atoms with Crippen molar-refractivity contribution in [1.29, 1.82) is 0 Å². The molecule has 0 aromatic heterocycles. The Bertz CT molecular complexity index is 594. The van der Waals surface area contributed by atoms with Crippen molar-refractivity contribution in [2.75, 3.05) is 11.1 Å². The second-order valence-electron chi connectivity index (χ2n) is 4.49. The molecule has 2 aromatic rings. The fraction of sp³-hybridized carbons (Fsp3) is 0.188. The summed E-state index contributed by atoms with van der Waals surface area (Å²) in [7, 11) is -1.02. The van der Waals surface area contributed by atoms with Crippen molar-refractivity contribution in [1.82, 2.24) is 0 Å². The van der Waals surface area contributed by atoms with Gasteiger partial charge >= 0.3 is 0 Å². The van der Waals surface area contributed by atoms with Gasteiger partial charge in [0.25, 0.3) is 0 Å². The van der Waals surface area contributed by atoms with Gasteiger partial charge in [-0.3, -0.25) is 9.00 Å². The molecule has 0 spiro atoms. The molecule has 1 atom stereocenters. The first-order chi connectivity index (χ1) is 9.65. The van der Waals surface area contributed by atoms with Crippen molar-refractivity contribution in [3.05, 3.63) is 60.2 Å². The van der Waals surface area contributed by atoms with E-state index >= 15 is 0 Å². The summed E-state index contributed by atoms with van der Waals surface area (Å²) in [5, 5.41) is 2.69.